The topological polar surface area (TPSA) is 111 Å². The molecule has 0 aliphatic rings. The largest absolute Gasteiger partial charge is 0.414 e. The number of benzene rings is 1. The van der Waals surface area contributed by atoms with Gasteiger partial charge < -0.3 is 9.73 Å². The minimum Gasteiger partial charge on any atom is -0.414 e. The van der Waals surface area contributed by atoms with Crippen molar-refractivity contribution < 1.29 is 14.1 Å². The third kappa shape index (κ3) is 4.31. The first-order chi connectivity index (χ1) is 11.4. The molecule has 0 radical (unpaired) electrons. The lowest BCUT2D eigenvalue weighted by atomic mass is 10.1. The van der Waals surface area contributed by atoms with Crippen LogP contribution in [0.2, 0.25) is 0 Å². The Morgan fingerprint density at radius 3 is 2.88 bits per heavy atom. The highest BCUT2D eigenvalue weighted by atomic mass is 32.2. The summed E-state index contributed by atoms with van der Waals surface area (Å²) in [6.07, 6.45) is 0.977. The second kappa shape index (κ2) is 7.91. The maximum atomic E-state index is 12.2. The van der Waals surface area contributed by atoms with Crippen molar-refractivity contribution in [2.45, 2.75) is 44.2 Å². The summed E-state index contributed by atoms with van der Waals surface area (Å²) < 4.78 is 5.45. The number of rotatable bonds is 7. The van der Waals surface area contributed by atoms with Gasteiger partial charge in [-0.15, -0.1) is 10.2 Å². The van der Waals surface area contributed by atoms with Crippen LogP contribution in [-0.4, -0.2) is 26.3 Å². The molecule has 0 aliphatic carbocycles. The molecule has 1 aromatic heterocycles. The van der Waals surface area contributed by atoms with E-state index in [-0.39, 0.29) is 23.7 Å². The highest BCUT2D eigenvalue weighted by Crippen LogP contribution is 2.24. The Bertz CT molecular complexity index is 747. The third-order valence-electron chi connectivity index (χ3n) is 3.47. The van der Waals surface area contributed by atoms with Gasteiger partial charge in [0, 0.05) is 22.4 Å². The predicted octanol–water partition coefficient (Wildman–Crippen LogP) is 3.11. The zero-order chi connectivity index (χ0) is 17.7. The summed E-state index contributed by atoms with van der Waals surface area (Å²) in [5, 5.41) is 22.2. The molecule has 1 N–H and O–H groups in total. The minimum atomic E-state index is -0.511. The number of aromatic nitrogens is 2. The van der Waals surface area contributed by atoms with Crippen LogP contribution in [0.1, 0.15) is 42.1 Å². The summed E-state index contributed by atoms with van der Waals surface area (Å²) in [6.45, 7) is 5.73. The third-order valence-corrected chi connectivity index (χ3v) is 4.57. The summed E-state index contributed by atoms with van der Waals surface area (Å²) >= 11 is 1.47. The van der Waals surface area contributed by atoms with Gasteiger partial charge in [0.05, 0.1) is 11.5 Å². The zero-order valence-corrected chi connectivity index (χ0v) is 14.4. The van der Waals surface area contributed by atoms with E-state index in [0.717, 1.165) is 6.42 Å². The zero-order valence-electron chi connectivity index (χ0n) is 13.6. The average Bonchev–Trinajstić information content (AvgIpc) is 2.99. The second-order valence-corrected chi connectivity index (χ2v) is 6.58. The number of thioether (sulfide) groups is 1. The number of nitro groups is 1. The summed E-state index contributed by atoms with van der Waals surface area (Å²) in [5.74, 6) is -0.136. The van der Waals surface area contributed by atoms with E-state index in [0.29, 0.717) is 16.0 Å². The number of nitro benzene ring substituents is 1. The monoisotopic (exact) mass is 350 g/mol. The Kier molecular flexibility index (Phi) is 5.91. The smallest absolute Gasteiger partial charge is 0.276 e. The van der Waals surface area contributed by atoms with Crippen molar-refractivity contribution >= 4 is 23.4 Å². The molecule has 128 valence electrons. The van der Waals surface area contributed by atoms with E-state index in [2.05, 4.69) is 29.4 Å². The first kappa shape index (κ1) is 17.9. The number of carbonyl (C=O) groups is 1. The van der Waals surface area contributed by atoms with Crippen LogP contribution in [0.25, 0.3) is 0 Å². The standard InChI is InChI=1S/C15H18N4O4S/c1-4-9(2)24-15-18-17-13(23-15)8-16-14(20)11-6-5-7-12(10(11)3)19(21)22/h5-7,9H,4,8H2,1-3H3,(H,16,20)/t9-/m1/s1. The van der Waals surface area contributed by atoms with Gasteiger partial charge in [-0.25, -0.2) is 0 Å². The van der Waals surface area contributed by atoms with Crippen LogP contribution in [0.5, 0.6) is 0 Å². The van der Waals surface area contributed by atoms with Crippen LogP contribution in [-0.2, 0) is 6.54 Å². The van der Waals surface area contributed by atoms with Crippen LogP contribution in [0.3, 0.4) is 0 Å². The molecule has 0 spiro atoms. The number of carbonyl (C=O) groups excluding carboxylic acids is 1. The van der Waals surface area contributed by atoms with Gasteiger partial charge in [0.15, 0.2) is 0 Å². The van der Waals surface area contributed by atoms with Crippen molar-refractivity contribution in [1.82, 2.24) is 15.5 Å². The molecule has 1 heterocycles. The molecule has 1 aromatic carbocycles. The molecule has 1 atom stereocenters. The van der Waals surface area contributed by atoms with Crippen molar-refractivity contribution in [2.75, 3.05) is 0 Å². The molecule has 8 nitrogen and oxygen atoms in total. The molecular weight excluding hydrogens is 332 g/mol. The molecule has 9 heteroatoms. The van der Waals surface area contributed by atoms with Gasteiger partial charge >= 0.3 is 0 Å². The van der Waals surface area contributed by atoms with Crippen LogP contribution in [0.4, 0.5) is 5.69 Å². The van der Waals surface area contributed by atoms with Gasteiger partial charge in [-0.2, -0.15) is 0 Å². The van der Waals surface area contributed by atoms with E-state index >= 15 is 0 Å². The Morgan fingerprint density at radius 1 is 1.46 bits per heavy atom. The van der Waals surface area contributed by atoms with Crippen LogP contribution < -0.4 is 5.32 Å². The molecular formula is C15H18N4O4S. The molecule has 2 rings (SSSR count). The fourth-order valence-corrected chi connectivity index (χ4v) is 2.67. The maximum absolute atomic E-state index is 12.2. The molecule has 1 amide bonds. The number of amides is 1. The number of nitrogens with zero attached hydrogens (tertiary/aromatic N) is 3. The summed E-state index contributed by atoms with van der Waals surface area (Å²) in [5.41, 5.74) is 0.476. The highest BCUT2D eigenvalue weighted by Gasteiger charge is 2.18. The van der Waals surface area contributed by atoms with E-state index in [9.17, 15) is 14.9 Å². The Labute approximate surface area is 143 Å². The normalized spacial score (nSPS) is 12.0. The van der Waals surface area contributed by atoms with Crippen molar-refractivity contribution in [3.05, 3.63) is 45.3 Å². The summed E-state index contributed by atoms with van der Waals surface area (Å²) in [6, 6.07) is 4.38. The lowest BCUT2D eigenvalue weighted by Gasteiger charge is -2.06. The number of hydrogen-bond donors (Lipinski definition) is 1. The van der Waals surface area contributed by atoms with Gasteiger partial charge in [0.1, 0.15) is 0 Å². The second-order valence-electron chi connectivity index (χ2n) is 5.19. The maximum Gasteiger partial charge on any atom is 0.276 e. The van der Waals surface area contributed by atoms with Gasteiger partial charge in [0.2, 0.25) is 5.89 Å². The van der Waals surface area contributed by atoms with Crippen LogP contribution in [0, 0.1) is 17.0 Å². The average molecular weight is 350 g/mol. The molecule has 0 unspecified atom stereocenters. The lowest BCUT2D eigenvalue weighted by Crippen LogP contribution is -2.24. The van der Waals surface area contributed by atoms with Crippen molar-refractivity contribution in [1.29, 1.82) is 0 Å². The first-order valence-corrected chi connectivity index (χ1v) is 8.31. The Hall–Kier alpha value is -2.42. The quantitative estimate of drug-likeness (QED) is 0.464. The van der Waals surface area contributed by atoms with Crippen LogP contribution in [0.15, 0.2) is 27.8 Å². The summed E-state index contributed by atoms with van der Waals surface area (Å²) in [4.78, 5) is 22.6. The van der Waals surface area contributed by atoms with E-state index in [1.54, 1.807) is 6.92 Å². The summed E-state index contributed by atoms with van der Waals surface area (Å²) in [7, 11) is 0. The molecule has 0 saturated heterocycles. The van der Waals surface area contributed by atoms with E-state index in [1.165, 1.54) is 30.0 Å². The number of nitrogens with one attached hydrogen (secondary N) is 1. The molecule has 0 bridgehead atoms. The lowest BCUT2D eigenvalue weighted by molar-refractivity contribution is -0.385. The molecule has 0 saturated carbocycles. The minimum absolute atomic E-state index is 0.0645. The van der Waals surface area contributed by atoms with Crippen molar-refractivity contribution in [3.63, 3.8) is 0 Å². The van der Waals surface area contributed by atoms with Gasteiger partial charge in [0.25, 0.3) is 16.8 Å². The fourth-order valence-electron chi connectivity index (χ4n) is 1.93. The molecule has 0 fully saturated rings. The number of hydrogen-bond acceptors (Lipinski definition) is 7. The SMILES string of the molecule is CC[C@@H](C)Sc1nnc(CNC(=O)c2cccc([N+](=O)[O-])c2C)o1. The van der Waals surface area contributed by atoms with E-state index in [1.807, 2.05) is 0 Å². The van der Waals surface area contributed by atoms with E-state index in [4.69, 9.17) is 4.42 Å². The Morgan fingerprint density at radius 2 is 2.21 bits per heavy atom. The molecule has 24 heavy (non-hydrogen) atoms. The van der Waals surface area contributed by atoms with E-state index < -0.39 is 10.8 Å². The molecule has 2 aromatic rings. The van der Waals surface area contributed by atoms with Crippen molar-refractivity contribution in [3.8, 4) is 0 Å². The fraction of sp³-hybridized carbons (Fsp3) is 0.400. The van der Waals surface area contributed by atoms with Gasteiger partial charge in [-0.1, -0.05) is 31.7 Å². The van der Waals surface area contributed by atoms with Gasteiger partial charge in [-0.05, 0) is 19.4 Å². The molecule has 0 aliphatic heterocycles. The highest BCUT2D eigenvalue weighted by molar-refractivity contribution is 7.99. The van der Waals surface area contributed by atoms with Gasteiger partial charge in [-0.3, -0.25) is 14.9 Å². The van der Waals surface area contributed by atoms with Crippen molar-refractivity contribution in [2.24, 2.45) is 0 Å². The first-order valence-electron chi connectivity index (χ1n) is 7.43. The Balaban J connectivity index is 2.01. The van der Waals surface area contributed by atoms with Crippen LogP contribution >= 0.6 is 11.8 Å². The predicted molar refractivity (Wildman–Crippen MR) is 88.9 cm³/mol.